The fourth-order valence-electron chi connectivity index (χ4n) is 2.90. The first kappa shape index (κ1) is 14.9. The zero-order chi connectivity index (χ0) is 15.9. The fourth-order valence-corrected chi connectivity index (χ4v) is 2.90. The number of halogens is 1. The first-order valence-electron chi connectivity index (χ1n) is 7.47. The smallest absolute Gasteiger partial charge is 0.338 e. The second kappa shape index (κ2) is 5.62. The number of aryl methyl sites for hydroxylation is 1. The van der Waals surface area contributed by atoms with Crippen LogP contribution in [0.1, 0.15) is 47.1 Å². The Morgan fingerprint density at radius 1 is 1.41 bits per heavy atom. The minimum Gasteiger partial charge on any atom is -0.479 e. The van der Waals surface area contributed by atoms with Crippen molar-refractivity contribution < 1.29 is 19.1 Å². The molecule has 3 rings (SSSR count). The van der Waals surface area contributed by atoms with Crippen LogP contribution in [0.2, 0.25) is 0 Å². The Morgan fingerprint density at radius 3 is 2.77 bits per heavy atom. The lowest BCUT2D eigenvalue weighted by molar-refractivity contribution is -0.144. The quantitative estimate of drug-likeness (QED) is 0.912. The van der Waals surface area contributed by atoms with E-state index in [4.69, 9.17) is 5.11 Å². The van der Waals surface area contributed by atoms with Crippen LogP contribution in [-0.2, 0) is 4.79 Å². The molecule has 7 heteroatoms. The van der Waals surface area contributed by atoms with Crippen molar-refractivity contribution in [2.75, 3.05) is 13.1 Å². The van der Waals surface area contributed by atoms with Crippen LogP contribution >= 0.6 is 0 Å². The van der Waals surface area contributed by atoms with E-state index in [9.17, 15) is 14.0 Å². The molecule has 118 valence electrons. The van der Waals surface area contributed by atoms with Gasteiger partial charge in [0.15, 0.2) is 0 Å². The third-order valence-corrected chi connectivity index (χ3v) is 4.29. The van der Waals surface area contributed by atoms with E-state index < -0.39 is 18.1 Å². The maximum Gasteiger partial charge on any atom is 0.338 e. The molecule has 0 spiro atoms. The van der Waals surface area contributed by atoms with Gasteiger partial charge >= 0.3 is 5.97 Å². The van der Waals surface area contributed by atoms with E-state index in [1.807, 2.05) is 0 Å². The average molecular weight is 307 g/mol. The molecule has 1 N–H and O–H groups in total. The van der Waals surface area contributed by atoms with Crippen LogP contribution in [0.3, 0.4) is 0 Å². The zero-order valence-electron chi connectivity index (χ0n) is 12.3. The maximum atomic E-state index is 13.6. The second-order valence-electron chi connectivity index (χ2n) is 6.03. The number of carboxylic acids is 1. The number of hydrogen-bond acceptors (Lipinski definition) is 4. The van der Waals surface area contributed by atoms with Crippen LogP contribution in [0.5, 0.6) is 0 Å². The van der Waals surface area contributed by atoms with Gasteiger partial charge in [0, 0.05) is 31.1 Å². The molecule has 1 saturated heterocycles. The molecule has 2 aliphatic rings. The summed E-state index contributed by atoms with van der Waals surface area (Å²) in [6.07, 6.45) is 2.02. The highest BCUT2D eigenvalue weighted by molar-refractivity contribution is 5.95. The van der Waals surface area contributed by atoms with Crippen molar-refractivity contribution in [3.63, 3.8) is 0 Å². The number of carbonyl (C=O) groups is 2. The van der Waals surface area contributed by atoms with Gasteiger partial charge in [0.25, 0.3) is 5.91 Å². The lowest BCUT2D eigenvalue weighted by Crippen LogP contribution is -2.33. The number of alkyl halides is 1. The van der Waals surface area contributed by atoms with Crippen molar-refractivity contribution in [2.45, 2.75) is 38.3 Å². The Balaban J connectivity index is 1.77. The average Bonchev–Trinajstić information content (AvgIpc) is 3.22. The van der Waals surface area contributed by atoms with Crippen LogP contribution in [0.15, 0.2) is 6.20 Å². The molecule has 1 saturated carbocycles. The number of nitrogens with zero attached hydrogens (tertiary/aromatic N) is 3. The summed E-state index contributed by atoms with van der Waals surface area (Å²) in [5, 5.41) is 8.74. The number of rotatable bonds is 4. The van der Waals surface area contributed by atoms with Crippen LogP contribution < -0.4 is 0 Å². The second-order valence-corrected chi connectivity index (χ2v) is 6.03. The van der Waals surface area contributed by atoms with Gasteiger partial charge < -0.3 is 10.0 Å². The SMILES string of the molecule is Cc1ncc(C(=O)N2CCC(C(F)C(=O)O)C2)c(C2CC2)n1. The molecule has 1 aliphatic heterocycles. The molecule has 1 aromatic heterocycles. The first-order chi connectivity index (χ1) is 10.5. The third kappa shape index (κ3) is 2.80. The Bertz CT molecular complexity index is 618. The summed E-state index contributed by atoms with van der Waals surface area (Å²) < 4.78 is 13.6. The highest BCUT2D eigenvalue weighted by Crippen LogP contribution is 2.41. The van der Waals surface area contributed by atoms with E-state index in [0.29, 0.717) is 30.3 Å². The molecule has 2 atom stereocenters. The van der Waals surface area contributed by atoms with Crippen molar-refractivity contribution in [1.29, 1.82) is 0 Å². The van der Waals surface area contributed by atoms with Crippen LogP contribution in [0.25, 0.3) is 0 Å². The summed E-state index contributed by atoms with van der Waals surface area (Å²) in [5.41, 5.74) is 1.25. The summed E-state index contributed by atoms with van der Waals surface area (Å²) in [6.45, 7) is 2.28. The van der Waals surface area contributed by atoms with Crippen LogP contribution in [-0.4, -0.2) is 51.1 Å². The Hall–Kier alpha value is -2.05. The molecule has 1 aliphatic carbocycles. The van der Waals surface area contributed by atoms with Gasteiger partial charge in [-0.2, -0.15) is 0 Å². The molecule has 0 radical (unpaired) electrons. The van der Waals surface area contributed by atoms with Gasteiger partial charge in [0.1, 0.15) is 5.82 Å². The summed E-state index contributed by atoms with van der Waals surface area (Å²) in [7, 11) is 0. The lowest BCUT2D eigenvalue weighted by Gasteiger charge is -2.18. The van der Waals surface area contributed by atoms with Crippen molar-refractivity contribution in [2.24, 2.45) is 5.92 Å². The van der Waals surface area contributed by atoms with E-state index in [2.05, 4.69) is 9.97 Å². The molecule has 0 bridgehead atoms. The van der Waals surface area contributed by atoms with Gasteiger partial charge in [0.2, 0.25) is 6.17 Å². The van der Waals surface area contributed by atoms with Gasteiger partial charge in [-0.3, -0.25) is 4.79 Å². The molecule has 1 amide bonds. The van der Waals surface area contributed by atoms with Crippen molar-refractivity contribution >= 4 is 11.9 Å². The number of aromatic nitrogens is 2. The Kier molecular flexibility index (Phi) is 3.80. The zero-order valence-corrected chi connectivity index (χ0v) is 12.3. The number of amides is 1. The number of carboxylic acid groups (broad SMARTS) is 1. The highest BCUT2D eigenvalue weighted by Gasteiger charge is 2.38. The summed E-state index contributed by atoms with van der Waals surface area (Å²) >= 11 is 0. The van der Waals surface area contributed by atoms with Crippen molar-refractivity contribution in [1.82, 2.24) is 14.9 Å². The van der Waals surface area contributed by atoms with Crippen molar-refractivity contribution in [3.05, 3.63) is 23.3 Å². The topological polar surface area (TPSA) is 83.4 Å². The molecule has 0 aromatic carbocycles. The Labute approximate surface area is 127 Å². The predicted molar refractivity (Wildman–Crippen MR) is 75.3 cm³/mol. The number of carbonyl (C=O) groups excluding carboxylic acids is 1. The monoisotopic (exact) mass is 307 g/mol. The Morgan fingerprint density at radius 2 is 2.14 bits per heavy atom. The number of likely N-dealkylation sites (tertiary alicyclic amines) is 1. The molecular formula is C15H18FN3O3. The molecular weight excluding hydrogens is 289 g/mol. The molecule has 2 unspecified atom stereocenters. The minimum atomic E-state index is -1.92. The van der Waals surface area contributed by atoms with E-state index in [1.54, 1.807) is 6.92 Å². The third-order valence-electron chi connectivity index (χ3n) is 4.29. The molecule has 2 fully saturated rings. The van der Waals surface area contributed by atoms with Gasteiger partial charge in [-0.15, -0.1) is 0 Å². The summed E-state index contributed by atoms with van der Waals surface area (Å²) in [5.74, 6) is -1.38. The van der Waals surface area contributed by atoms with E-state index in [1.165, 1.54) is 11.1 Å². The van der Waals surface area contributed by atoms with E-state index >= 15 is 0 Å². The van der Waals surface area contributed by atoms with Crippen LogP contribution in [0, 0.1) is 12.8 Å². The lowest BCUT2D eigenvalue weighted by atomic mass is 10.0. The van der Waals surface area contributed by atoms with Crippen molar-refractivity contribution in [3.8, 4) is 0 Å². The largest absolute Gasteiger partial charge is 0.479 e. The minimum absolute atomic E-state index is 0.129. The molecule has 1 aromatic rings. The van der Waals surface area contributed by atoms with E-state index in [-0.39, 0.29) is 12.5 Å². The standard InChI is InChI=1S/C15H18FN3O3/c1-8-17-6-11(13(18-8)9-2-3-9)14(20)19-5-4-10(7-19)12(16)15(21)22/h6,9-10,12H,2-5,7H2,1H3,(H,21,22). The number of hydrogen-bond donors (Lipinski definition) is 1. The first-order valence-corrected chi connectivity index (χ1v) is 7.47. The highest BCUT2D eigenvalue weighted by atomic mass is 19.1. The normalized spacial score (nSPS) is 22.6. The molecule has 6 nitrogen and oxygen atoms in total. The molecule has 2 heterocycles. The fraction of sp³-hybridized carbons (Fsp3) is 0.600. The predicted octanol–water partition coefficient (Wildman–Crippen LogP) is 1.55. The maximum absolute atomic E-state index is 13.6. The summed E-state index contributed by atoms with van der Waals surface area (Å²) in [6, 6.07) is 0. The van der Waals surface area contributed by atoms with Gasteiger partial charge in [0.05, 0.1) is 11.3 Å². The number of aliphatic carboxylic acids is 1. The van der Waals surface area contributed by atoms with E-state index in [0.717, 1.165) is 18.5 Å². The van der Waals surface area contributed by atoms with Gasteiger partial charge in [-0.05, 0) is 26.2 Å². The molecule has 22 heavy (non-hydrogen) atoms. The summed E-state index contributed by atoms with van der Waals surface area (Å²) in [4.78, 5) is 33.3. The van der Waals surface area contributed by atoms with Gasteiger partial charge in [-0.1, -0.05) is 0 Å². The van der Waals surface area contributed by atoms with Gasteiger partial charge in [-0.25, -0.2) is 19.2 Å². The van der Waals surface area contributed by atoms with Crippen LogP contribution in [0.4, 0.5) is 4.39 Å².